The highest BCUT2D eigenvalue weighted by molar-refractivity contribution is 6.48. The second-order valence-electron chi connectivity index (χ2n) is 12.4. The van der Waals surface area contributed by atoms with Crippen molar-refractivity contribution in [2.75, 3.05) is 57.2 Å². The number of rotatable bonds is 9. The van der Waals surface area contributed by atoms with Crippen LogP contribution in [0.5, 0.6) is 11.5 Å². The van der Waals surface area contributed by atoms with Gasteiger partial charge in [0.25, 0.3) is 11.7 Å². The molecule has 0 atom stereocenters. The number of ketones is 1. The van der Waals surface area contributed by atoms with Gasteiger partial charge in [-0.3, -0.25) is 19.3 Å². The number of carbonyl (C=O) groups is 3. The molecule has 2 amide bonds. The van der Waals surface area contributed by atoms with Crippen LogP contribution in [0.2, 0.25) is 0 Å². The zero-order valence-corrected chi connectivity index (χ0v) is 27.1. The summed E-state index contributed by atoms with van der Waals surface area (Å²) in [7, 11) is 1.44. The van der Waals surface area contributed by atoms with E-state index in [4.69, 9.17) is 14.2 Å². The number of carbonyl (C=O) groups excluding carboxylic acids is 3. The van der Waals surface area contributed by atoms with Gasteiger partial charge in [0.15, 0.2) is 5.75 Å². The zero-order chi connectivity index (χ0) is 32.8. The number of fused-ring (bicyclic) bond motifs is 2. The summed E-state index contributed by atoms with van der Waals surface area (Å²) in [5, 5.41) is 6.86. The molecule has 3 aliphatic rings. The van der Waals surface area contributed by atoms with E-state index < -0.39 is 11.7 Å². The van der Waals surface area contributed by atoms with Gasteiger partial charge in [-0.05, 0) is 57.8 Å². The third-order valence-corrected chi connectivity index (χ3v) is 7.93. The molecule has 1 aliphatic heterocycles. The van der Waals surface area contributed by atoms with Crippen LogP contribution in [0.1, 0.15) is 43.6 Å². The fourth-order valence-electron chi connectivity index (χ4n) is 5.34. The van der Waals surface area contributed by atoms with Crippen LogP contribution in [0, 0.1) is 0 Å². The van der Waals surface area contributed by atoms with Crippen LogP contribution in [0.3, 0.4) is 0 Å². The van der Waals surface area contributed by atoms with Crippen LogP contribution < -0.4 is 20.1 Å². The fourth-order valence-corrected chi connectivity index (χ4v) is 5.34. The molecule has 0 unspecified atom stereocenters. The molecule has 9 heteroatoms. The topological polar surface area (TPSA) is 106 Å². The molecule has 1 saturated heterocycles. The van der Waals surface area contributed by atoms with Crippen molar-refractivity contribution in [3.63, 3.8) is 0 Å². The predicted octanol–water partition coefficient (Wildman–Crippen LogP) is 6.30. The summed E-state index contributed by atoms with van der Waals surface area (Å²) in [6.07, 6.45) is 0. The van der Waals surface area contributed by atoms with Gasteiger partial charge < -0.3 is 24.8 Å². The van der Waals surface area contributed by atoms with Gasteiger partial charge in [-0.15, -0.1) is 0 Å². The number of ether oxygens (including phenoxy) is 3. The quantitative estimate of drug-likeness (QED) is 0.147. The maximum atomic E-state index is 13.5. The number of morpholine rings is 1. The number of anilines is 2. The smallest absolute Gasteiger partial charge is 0.296 e. The Kier molecular flexibility index (Phi) is 10.0. The lowest BCUT2D eigenvalue weighted by Gasteiger charge is -2.26. The van der Waals surface area contributed by atoms with Gasteiger partial charge in [-0.25, -0.2) is 0 Å². The average molecular weight is 624 g/mol. The van der Waals surface area contributed by atoms with E-state index in [2.05, 4.69) is 39.8 Å². The summed E-state index contributed by atoms with van der Waals surface area (Å²) in [5.74, 6) is -0.875. The van der Waals surface area contributed by atoms with Gasteiger partial charge in [0.1, 0.15) is 12.4 Å². The second-order valence-corrected chi connectivity index (χ2v) is 12.4. The van der Waals surface area contributed by atoms with Crippen molar-refractivity contribution in [3.8, 4) is 22.6 Å². The first kappa shape index (κ1) is 32.7. The molecule has 3 aromatic rings. The molecule has 46 heavy (non-hydrogen) atoms. The Bertz CT molecular complexity index is 1740. The maximum absolute atomic E-state index is 13.5. The van der Waals surface area contributed by atoms with Crippen LogP contribution in [0.25, 0.3) is 21.9 Å². The average Bonchev–Trinajstić information content (AvgIpc) is 3.64. The summed E-state index contributed by atoms with van der Waals surface area (Å²) in [5.41, 5.74) is 4.38. The number of methoxy groups -OCH3 is 1. The predicted molar refractivity (Wildman–Crippen MR) is 181 cm³/mol. The van der Waals surface area contributed by atoms with Crippen LogP contribution in [0.15, 0.2) is 72.8 Å². The van der Waals surface area contributed by atoms with Gasteiger partial charge in [0, 0.05) is 37.5 Å². The second kappa shape index (κ2) is 14.1. The summed E-state index contributed by atoms with van der Waals surface area (Å²) >= 11 is 0. The SMILES string of the molecule is COc1c(NC(C)=O)cc(C(C)(C)C)cc1NC(=O)C(=O)c1ccc(OCCN2CCOCC2)c2ccccc12.c1cc2cc-2c1. The summed E-state index contributed by atoms with van der Waals surface area (Å²) < 4.78 is 17.0. The highest BCUT2D eigenvalue weighted by Gasteiger charge is 2.25. The number of nitrogens with one attached hydrogen (secondary N) is 2. The Morgan fingerprint density at radius 3 is 2.07 bits per heavy atom. The van der Waals surface area contributed by atoms with Gasteiger partial charge >= 0.3 is 0 Å². The van der Waals surface area contributed by atoms with Crippen molar-refractivity contribution in [2.45, 2.75) is 33.1 Å². The van der Waals surface area contributed by atoms with Crippen molar-refractivity contribution in [1.29, 1.82) is 0 Å². The number of Topliss-reactive ketones (excluding diaryl/α,β-unsaturated/α-hetero) is 1. The van der Waals surface area contributed by atoms with Crippen LogP contribution >= 0.6 is 0 Å². The first-order valence-electron chi connectivity index (χ1n) is 15.5. The number of benzene rings is 4. The lowest BCUT2D eigenvalue weighted by atomic mass is 9.86. The molecule has 0 bridgehead atoms. The van der Waals surface area contributed by atoms with Crippen LogP contribution in [-0.2, 0) is 19.7 Å². The molecule has 1 heterocycles. The van der Waals surface area contributed by atoms with Crippen molar-refractivity contribution < 1.29 is 28.6 Å². The Morgan fingerprint density at radius 2 is 1.50 bits per heavy atom. The highest BCUT2D eigenvalue weighted by Crippen LogP contribution is 2.39. The van der Waals surface area contributed by atoms with Crippen LogP contribution in [0.4, 0.5) is 11.4 Å². The third kappa shape index (κ3) is 7.91. The van der Waals surface area contributed by atoms with E-state index in [-0.39, 0.29) is 22.6 Å². The standard InChI is InChI=1S/C31H37N3O6.C6H4/c1-20(35)32-25-18-21(31(2,3)4)19-26(29(25)38-5)33-30(37)28(36)24-10-11-27(23-9-7-6-8-22(23)24)40-17-14-34-12-15-39-16-13-34;1-2-5-4-6(5)3-1/h6-11,18-19H,12-17H2,1-5H3,(H,32,35)(H,33,37);1-4H. The molecule has 0 saturated carbocycles. The maximum Gasteiger partial charge on any atom is 0.296 e. The van der Waals surface area contributed by atoms with E-state index in [0.29, 0.717) is 29.1 Å². The number of hydrogen-bond donors (Lipinski definition) is 2. The van der Waals surface area contributed by atoms with E-state index in [9.17, 15) is 14.4 Å². The van der Waals surface area contributed by atoms with Crippen molar-refractivity contribution in [1.82, 2.24) is 4.90 Å². The number of amides is 2. The van der Waals surface area contributed by atoms with E-state index in [0.717, 1.165) is 43.8 Å². The molecule has 3 aromatic carbocycles. The zero-order valence-electron chi connectivity index (χ0n) is 27.1. The largest absolute Gasteiger partial charge is 0.492 e. The van der Waals surface area contributed by atoms with E-state index in [1.807, 2.05) is 45.0 Å². The minimum Gasteiger partial charge on any atom is -0.492 e. The Balaban J connectivity index is 0.000000612. The monoisotopic (exact) mass is 623 g/mol. The number of hydrogen-bond acceptors (Lipinski definition) is 7. The highest BCUT2D eigenvalue weighted by atomic mass is 16.5. The molecule has 0 radical (unpaired) electrons. The Morgan fingerprint density at radius 1 is 0.848 bits per heavy atom. The van der Waals surface area contributed by atoms with Crippen molar-refractivity contribution in [2.24, 2.45) is 0 Å². The third-order valence-electron chi connectivity index (χ3n) is 7.93. The lowest BCUT2D eigenvalue weighted by molar-refractivity contribution is -0.114. The van der Waals surface area contributed by atoms with E-state index in [1.54, 1.807) is 24.3 Å². The minimum absolute atomic E-state index is 0.262. The molecule has 1 fully saturated rings. The van der Waals surface area contributed by atoms with E-state index >= 15 is 0 Å². The molecule has 2 aliphatic carbocycles. The summed E-state index contributed by atoms with van der Waals surface area (Å²) in [4.78, 5) is 40.9. The molecule has 2 N–H and O–H groups in total. The lowest BCUT2D eigenvalue weighted by Crippen LogP contribution is -2.38. The molecule has 0 aromatic heterocycles. The minimum atomic E-state index is -0.815. The molecule has 240 valence electrons. The first-order chi connectivity index (χ1) is 22.0. The molecular formula is C37H41N3O6. The summed E-state index contributed by atoms with van der Waals surface area (Å²) in [6, 6.07) is 22.8. The molecule has 9 nitrogen and oxygen atoms in total. The fraction of sp³-hybridized carbons (Fsp3) is 0.324. The molecule has 0 spiro atoms. The summed E-state index contributed by atoms with van der Waals surface area (Å²) in [6.45, 7) is 11.9. The van der Waals surface area contributed by atoms with Gasteiger partial charge in [-0.2, -0.15) is 0 Å². The van der Waals surface area contributed by atoms with Gasteiger partial charge in [0.2, 0.25) is 5.91 Å². The van der Waals surface area contributed by atoms with Gasteiger partial charge in [0.05, 0.1) is 31.7 Å². The normalized spacial score (nSPS) is 13.7. The Labute approximate surface area is 269 Å². The molecule has 6 rings (SSSR count). The van der Waals surface area contributed by atoms with E-state index in [1.165, 1.54) is 25.2 Å². The first-order valence-corrected chi connectivity index (χ1v) is 15.5. The number of nitrogens with zero attached hydrogens (tertiary/aromatic N) is 1. The van der Waals surface area contributed by atoms with Crippen LogP contribution in [-0.4, -0.2) is 69.1 Å². The van der Waals surface area contributed by atoms with Gasteiger partial charge in [-0.1, -0.05) is 63.2 Å². The van der Waals surface area contributed by atoms with Crippen molar-refractivity contribution in [3.05, 3.63) is 83.9 Å². The Hall–Kier alpha value is -4.73. The molecular weight excluding hydrogens is 582 g/mol. The van der Waals surface area contributed by atoms with Crippen molar-refractivity contribution >= 4 is 39.7 Å².